The minimum atomic E-state index is -2.38. The SMILES string of the molecule is CCC[CH2][Sn]([CH2]CCC)([CH2]CCC)[CH](CCO[Si](CC)(CC)CC)[Sn]([CH2]CCC)([CH2]CCC)[CH2]CCC. The maximum absolute atomic E-state index is 7.13. The van der Waals surface area contributed by atoms with Gasteiger partial charge in [0.2, 0.25) is 0 Å². The summed E-state index contributed by atoms with van der Waals surface area (Å²) in [5.41, 5.74) is 0. The van der Waals surface area contributed by atoms with Crippen molar-refractivity contribution in [2.45, 2.75) is 192 Å². The van der Waals surface area contributed by atoms with Gasteiger partial charge >= 0.3 is 249 Å². The molecule has 0 saturated heterocycles. The van der Waals surface area contributed by atoms with Crippen molar-refractivity contribution >= 4 is 45.1 Å². The quantitative estimate of drug-likeness (QED) is 0.0760. The summed E-state index contributed by atoms with van der Waals surface area (Å²) in [7, 11) is -1.51. The van der Waals surface area contributed by atoms with Crippen molar-refractivity contribution in [1.29, 1.82) is 0 Å². The molecule has 0 aromatic rings. The number of hydrogen-bond donors (Lipinski definition) is 0. The van der Waals surface area contributed by atoms with Gasteiger partial charge in [-0.2, -0.15) is 0 Å². The molecule has 0 aliphatic heterocycles. The van der Waals surface area contributed by atoms with Gasteiger partial charge in [0, 0.05) is 0 Å². The molecule has 224 valence electrons. The summed E-state index contributed by atoms with van der Waals surface area (Å²) < 4.78 is 18.7. The standard InChI is InChI=1S/C9H20OSi.6C4H9.2Sn/c1-5-9-10-11(6-2,7-3)8-4;6*1-3-4-2;;/h1H,5-9H2,2-4H3;6*1,3-4H2,2H3;;. The second kappa shape index (κ2) is 23.3. The zero-order valence-electron chi connectivity index (χ0n) is 27.7. The van der Waals surface area contributed by atoms with Gasteiger partial charge in [-0.25, -0.2) is 0 Å². The van der Waals surface area contributed by atoms with E-state index in [2.05, 4.69) is 62.3 Å². The van der Waals surface area contributed by atoms with Crippen LogP contribution in [0.25, 0.3) is 0 Å². The van der Waals surface area contributed by atoms with Crippen molar-refractivity contribution in [3.63, 3.8) is 0 Å². The predicted octanol–water partition coefficient (Wildman–Crippen LogP) is 13.0. The molecule has 0 spiro atoms. The molecule has 0 fully saturated rings. The molecule has 0 heterocycles. The molecule has 0 aromatic carbocycles. The zero-order chi connectivity index (χ0) is 28.0. The van der Waals surface area contributed by atoms with Crippen molar-refractivity contribution < 1.29 is 4.43 Å². The van der Waals surface area contributed by atoms with E-state index in [-0.39, 0.29) is 0 Å². The number of hydrogen-bond acceptors (Lipinski definition) is 1. The van der Waals surface area contributed by atoms with Crippen LogP contribution in [0.15, 0.2) is 0 Å². The molecule has 0 aromatic heterocycles. The Bertz CT molecular complexity index is 425. The molecule has 0 radical (unpaired) electrons. The Morgan fingerprint density at radius 3 is 0.946 bits per heavy atom. The van der Waals surface area contributed by atoms with Crippen LogP contribution >= 0.6 is 0 Å². The molecule has 0 unspecified atom stereocenters. The zero-order valence-corrected chi connectivity index (χ0v) is 34.5. The fourth-order valence-electron chi connectivity index (χ4n) is 7.68. The molecule has 37 heavy (non-hydrogen) atoms. The summed E-state index contributed by atoms with van der Waals surface area (Å²) in [6, 6.07) is 3.95. The minimum absolute atomic E-state index is 1.14. The molecule has 0 atom stereocenters. The Morgan fingerprint density at radius 2 is 0.730 bits per heavy atom. The molecular weight excluding hydrogens is 678 g/mol. The maximum atomic E-state index is 7.13. The average Bonchev–Trinajstić information content (AvgIpc) is 2.93. The van der Waals surface area contributed by atoms with Gasteiger partial charge < -0.3 is 0 Å². The summed E-state index contributed by atoms with van der Waals surface area (Å²) in [4.78, 5) is 0. The molecule has 0 saturated carbocycles. The summed E-state index contributed by atoms with van der Waals surface area (Å²) in [5.74, 6) is 0. The van der Waals surface area contributed by atoms with E-state index in [1.54, 1.807) is 26.6 Å². The Labute approximate surface area is 246 Å². The molecule has 0 aliphatic carbocycles. The number of rotatable bonds is 27. The van der Waals surface area contributed by atoms with Crippen LogP contribution < -0.4 is 0 Å². The first-order valence-electron chi connectivity index (χ1n) is 17.5. The van der Waals surface area contributed by atoms with Crippen molar-refractivity contribution in [3.8, 4) is 0 Å². The summed E-state index contributed by atoms with van der Waals surface area (Å²) in [6.07, 6.45) is 19.2. The van der Waals surface area contributed by atoms with Gasteiger partial charge in [0.25, 0.3) is 0 Å². The molecule has 4 heteroatoms. The van der Waals surface area contributed by atoms with Crippen LogP contribution in [0.1, 0.15) is 146 Å². The van der Waals surface area contributed by atoms with Crippen LogP contribution in [0.5, 0.6) is 0 Å². The molecule has 0 rings (SSSR count). The van der Waals surface area contributed by atoms with Crippen molar-refractivity contribution in [2.75, 3.05) is 6.61 Å². The first-order valence-corrected chi connectivity index (χ1v) is 35.5. The third kappa shape index (κ3) is 13.5. The van der Waals surface area contributed by atoms with Gasteiger partial charge in [0.15, 0.2) is 0 Å². The van der Waals surface area contributed by atoms with Crippen molar-refractivity contribution in [3.05, 3.63) is 0 Å². The molecule has 0 N–H and O–H groups in total. The Morgan fingerprint density at radius 1 is 0.459 bits per heavy atom. The Balaban J connectivity index is 6.76. The first-order chi connectivity index (χ1) is 17.9. The van der Waals surface area contributed by atoms with E-state index in [4.69, 9.17) is 4.43 Å². The second-order valence-corrected chi connectivity index (χ2v) is 50.4. The third-order valence-corrected chi connectivity index (χ3v) is 71.7. The monoisotopic (exact) mass is 754 g/mol. The van der Waals surface area contributed by atoms with Crippen LogP contribution in [-0.2, 0) is 4.43 Å². The third-order valence-electron chi connectivity index (χ3n) is 10.4. The van der Waals surface area contributed by atoms with E-state index in [0.717, 1.165) is 6.61 Å². The Kier molecular flexibility index (Phi) is 24.5. The van der Waals surface area contributed by atoms with Crippen molar-refractivity contribution in [1.82, 2.24) is 0 Å². The fraction of sp³-hybridized carbons (Fsp3) is 1.00. The van der Waals surface area contributed by atoms with Crippen LogP contribution in [0, 0.1) is 0 Å². The van der Waals surface area contributed by atoms with Gasteiger partial charge in [-0.15, -0.1) is 0 Å². The van der Waals surface area contributed by atoms with E-state index >= 15 is 0 Å². The van der Waals surface area contributed by atoms with E-state index in [0.29, 0.717) is 0 Å². The normalized spacial score (nSPS) is 13.1. The first kappa shape index (κ1) is 38.8. The Hall–Kier alpha value is 1.77. The van der Waals surface area contributed by atoms with Gasteiger partial charge in [-0.1, -0.05) is 0 Å². The summed E-state index contributed by atoms with van der Waals surface area (Å²) in [6.45, 7) is 23.3. The summed E-state index contributed by atoms with van der Waals surface area (Å²) >= 11 is -4.76. The molecule has 0 amide bonds. The van der Waals surface area contributed by atoms with E-state index in [1.165, 1.54) is 104 Å². The van der Waals surface area contributed by atoms with Gasteiger partial charge in [0.05, 0.1) is 0 Å². The van der Waals surface area contributed by atoms with Gasteiger partial charge in [-0.05, 0) is 0 Å². The molecular formula is C33H74OSiSn2. The average molecular weight is 752 g/mol. The number of unbranched alkanes of at least 4 members (excludes halogenated alkanes) is 6. The van der Waals surface area contributed by atoms with E-state index < -0.39 is 45.1 Å². The molecule has 0 aliphatic rings. The van der Waals surface area contributed by atoms with Crippen LogP contribution in [0.3, 0.4) is 0 Å². The predicted molar refractivity (Wildman–Crippen MR) is 181 cm³/mol. The molecule has 1 nitrogen and oxygen atoms in total. The van der Waals surface area contributed by atoms with E-state index in [9.17, 15) is 0 Å². The van der Waals surface area contributed by atoms with Gasteiger partial charge in [-0.3, -0.25) is 0 Å². The van der Waals surface area contributed by atoms with Crippen LogP contribution in [0.4, 0.5) is 0 Å². The summed E-state index contributed by atoms with van der Waals surface area (Å²) in [5, 5.41) is 0. The van der Waals surface area contributed by atoms with Crippen LogP contribution in [0.2, 0.25) is 46.7 Å². The van der Waals surface area contributed by atoms with Crippen molar-refractivity contribution in [2.24, 2.45) is 0 Å². The topological polar surface area (TPSA) is 9.23 Å². The van der Waals surface area contributed by atoms with Crippen LogP contribution in [-0.4, -0.2) is 51.7 Å². The molecule has 0 bridgehead atoms. The second-order valence-electron chi connectivity index (χ2n) is 12.8. The van der Waals surface area contributed by atoms with Gasteiger partial charge in [0.1, 0.15) is 0 Å². The van der Waals surface area contributed by atoms with E-state index in [1.807, 2.05) is 0 Å². The fourth-order valence-corrected chi connectivity index (χ4v) is 88.0.